The molecule has 0 fully saturated rings. The fourth-order valence-electron chi connectivity index (χ4n) is 3.04. The molecule has 0 atom stereocenters. The van der Waals surface area contributed by atoms with Crippen molar-refractivity contribution in [3.8, 4) is 11.5 Å². The summed E-state index contributed by atoms with van der Waals surface area (Å²) in [6, 6.07) is 20.1. The van der Waals surface area contributed by atoms with Gasteiger partial charge in [-0.2, -0.15) is 13.2 Å². The van der Waals surface area contributed by atoms with Crippen LogP contribution in [0.4, 0.5) is 24.5 Å². The Bertz CT molecular complexity index is 1180. The lowest BCUT2D eigenvalue weighted by Crippen LogP contribution is -2.21. The Labute approximate surface area is 205 Å². The third-order valence-electron chi connectivity index (χ3n) is 4.74. The van der Waals surface area contributed by atoms with Gasteiger partial charge in [0, 0.05) is 24.2 Å². The minimum absolute atomic E-state index is 0.00809. The number of carbonyl (C=O) groups excluding carboxylic acids is 3. The van der Waals surface area contributed by atoms with Crippen LogP contribution in [0.1, 0.15) is 24.8 Å². The summed E-state index contributed by atoms with van der Waals surface area (Å²) >= 11 is 0. The van der Waals surface area contributed by atoms with E-state index in [0.29, 0.717) is 17.2 Å². The number of alkyl halides is 3. The summed E-state index contributed by atoms with van der Waals surface area (Å²) in [5.41, 5.74) is -0.380. The number of nitrogens with one attached hydrogen (secondary N) is 2. The summed E-state index contributed by atoms with van der Waals surface area (Å²) in [4.78, 5) is 35.8. The van der Waals surface area contributed by atoms with Crippen molar-refractivity contribution in [2.45, 2.75) is 25.4 Å². The van der Waals surface area contributed by atoms with E-state index in [0.717, 1.165) is 12.1 Å². The van der Waals surface area contributed by atoms with Crippen LogP contribution >= 0.6 is 0 Å². The van der Waals surface area contributed by atoms with Crippen LogP contribution < -0.4 is 15.4 Å². The molecule has 0 unspecified atom stereocenters. The molecule has 0 saturated carbocycles. The number of anilines is 2. The number of para-hydroxylation sites is 1. The van der Waals surface area contributed by atoms with E-state index in [4.69, 9.17) is 9.47 Å². The minimum atomic E-state index is -4.52. The van der Waals surface area contributed by atoms with Crippen LogP contribution in [0.25, 0.3) is 0 Å². The van der Waals surface area contributed by atoms with Gasteiger partial charge in [0.25, 0.3) is 5.91 Å². The highest BCUT2D eigenvalue weighted by Crippen LogP contribution is 2.30. The molecule has 36 heavy (non-hydrogen) atoms. The molecule has 0 heterocycles. The van der Waals surface area contributed by atoms with E-state index in [9.17, 15) is 27.6 Å². The fourth-order valence-corrected chi connectivity index (χ4v) is 3.04. The van der Waals surface area contributed by atoms with Crippen molar-refractivity contribution >= 4 is 29.2 Å². The number of hydrogen-bond acceptors (Lipinski definition) is 5. The number of benzene rings is 3. The minimum Gasteiger partial charge on any atom is -0.457 e. The van der Waals surface area contributed by atoms with Crippen molar-refractivity contribution < 1.29 is 37.0 Å². The maximum atomic E-state index is 12.7. The first kappa shape index (κ1) is 26.3. The summed E-state index contributed by atoms with van der Waals surface area (Å²) in [6.07, 6.45) is -4.64. The predicted octanol–water partition coefficient (Wildman–Crippen LogP) is 5.79. The summed E-state index contributed by atoms with van der Waals surface area (Å²) in [5, 5.41) is 4.95. The van der Waals surface area contributed by atoms with Crippen molar-refractivity contribution in [3.63, 3.8) is 0 Å². The second-order valence-corrected chi connectivity index (χ2v) is 7.63. The summed E-state index contributed by atoms with van der Waals surface area (Å²) in [6.45, 7) is -0.502. The van der Waals surface area contributed by atoms with Gasteiger partial charge in [0.15, 0.2) is 6.61 Å². The van der Waals surface area contributed by atoms with E-state index in [1.165, 1.54) is 12.1 Å². The average Bonchev–Trinajstić information content (AvgIpc) is 2.84. The molecule has 0 aliphatic carbocycles. The van der Waals surface area contributed by atoms with E-state index >= 15 is 0 Å². The highest BCUT2D eigenvalue weighted by molar-refractivity contribution is 5.93. The van der Waals surface area contributed by atoms with Crippen molar-refractivity contribution in [1.82, 2.24) is 0 Å². The van der Waals surface area contributed by atoms with Crippen molar-refractivity contribution in [2.24, 2.45) is 0 Å². The molecule has 3 aromatic rings. The van der Waals surface area contributed by atoms with Gasteiger partial charge < -0.3 is 20.1 Å². The quantitative estimate of drug-likeness (QED) is 0.344. The lowest BCUT2D eigenvalue weighted by molar-refractivity contribution is -0.147. The molecule has 0 saturated heterocycles. The maximum absolute atomic E-state index is 12.7. The Morgan fingerprint density at radius 3 is 2.08 bits per heavy atom. The molecule has 0 bridgehead atoms. The average molecular weight is 500 g/mol. The van der Waals surface area contributed by atoms with E-state index < -0.39 is 36.1 Å². The largest absolute Gasteiger partial charge is 0.457 e. The van der Waals surface area contributed by atoms with Crippen LogP contribution in [0.3, 0.4) is 0 Å². The first-order valence-corrected chi connectivity index (χ1v) is 10.9. The number of ether oxygens (including phenoxy) is 2. The first-order valence-electron chi connectivity index (χ1n) is 10.9. The number of amides is 2. The zero-order valence-corrected chi connectivity index (χ0v) is 19.0. The van der Waals surface area contributed by atoms with Crippen LogP contribution in [0.15, 0.2) is 78.9 Å². The maximum Gasteiger partial charge on any atom is 0.416 e. The van der Waals surface area contributed by atoms with Gasteiger partial charge in [-0.05, 0) is 61.0 Å². The second-order valence-electron chi connectivity index (χ2n) is 7.63. The highest BCUT2D eigenvalue weighted by atomic mass is 19.4. The lowest BCUT2D eigenvalue weighted by Gasteiger charge is -2.10. The van der Waals surface area contributed by atoms with E-state index in [-0.39, 0.29) is 24.9 Å². The Morgan fingerprint density at radius 2 is 1.39 bits per heavy atom. The molecule has 3 rings (SSSR count). The second kappa shape index (κ2) is 12.4. The van der Waals surface area contributed by atoms with Crippen molar-refractivity contribution in [2.75, 3.05) is 17.2 Å². The zero-order valence-electron chi connectivity index (χ0n) is 19.0. The molecule has 0 aromatic heterocycles. The Morgan fingerprint density at radius 1 is 0.722 bits per heavy atom. The molecular weight excluding hydrogens is 477 g/mol. The van der Waals surface area contributed by atoms with Crippen LogP contribution in [-0.4, -0.2) is 24.4 Å². The van der Waals surface area contributed by atoms with Crippen LogP contribution in [0, 0.1) is 0 Å². The number of carbonyl (C=O) groups is 3. The summed E-state index contributed by atoms with van der Waals surface area (Å²) in [5.74, 6) is -0.498. The summed E-state index contributed by atoms with van der Waals surface area (Å²) < 4.78 is 48.8. The first-order chi connectivity index (χ1) is 17.2. The van der Waals surface area contributed by atoms with E-state index in [1.54, 1.807) is 24.3 Å². The van der Waals surface area contributed by atoms with Gasteiger partial charge in [-0.1, -0.05) is 24.3 Å². The number of hydrogen-bond donors (Lipinski definition) is 2. The molecular formula is C26H23F3N2O5. The molecule has 0 radical (unpaired) electrons. The molecule has 188 valence electrons. The van der Waals surface area contributed by atoms with Gasteiger partial charge in [-0.3, -0.25) is 14.4 Å². The monoisotopic (exact) mass is 500 g/mol. The third-order valence-corrected chi connectivity index (χ3v) is 4.74. The van der Waals surface area contributed by atoms with Gasteiger partial charge in [0.2, 0.25) is 5.91 Å². The van der Waals surface area contributed by atoms with Crippen molar-refractivity contribution in [3.05, 3.63) is 84.4 Å². The Balaban J connectivity index is 1.33. The van der Waals surface area contributed by atoms with Crippen LogP contribution in [-0.2, 0) is 25.3 Å². The van der Waals surface area contributed by atoms with E-state index in [2.05, 4.69) is 10.6 Å². The van der Waals surface area contributed by atoms with Crippen molar-refractivity contribution in [1.29, 1.82) is 0 Å². The third kappa shape index (κ3) is 8.79. The molecule has 0 aliphatic rings. The molecule has 0 aliphatic heterocycles. The topological polar surface area (TPSA) is 93.7 Å². The normalized spacial score (nSPS) is 10.9. The zero-order chi connectivity index (χ0) is 26.0. The van der Waals surface area contributed by atoms with E-state index in [1.807, 2.05) is 30.3 Å². The van der Waals surface area contributed by atoms with Gasteiger partial charge in [0.1, 0.15) is 11.5 Å². The van der Waals surface area contributed by atoms with Crippen LogP contribution in [0.2, 0.25) is 0 Å². The van der Waals surface area contributed by atoms with Gasteiger partial charge in [0.05, 0.1) is 5.56 Å². The number of esters is 1. The lowest BCUT2D eigenvalue weighted by atomic mass is 10.2. The smallest absolute Gasteiger partial charge is 0.416 e. The number of rotatable bonds is 10. The molecule has 10 heteroatoms. The van der Waals surface area contributed by atoms with Gasteiger partial charge >= 0.3 is 12.1 Å². The van der Waals surface area contributed by atoms with Crippen LogP contribution in [0.5, 0.6) is 11.5 Å². The van der Waals surface area contributed by atoms with Gasteiger partial charge in [-0.15, -0.1) is 0 Å². The predicted molar refractivity (Wildman–Crippen MR) is 126 cm³/mol. The highest BCUT2D eigenvalue weighted by Gasteiger charge is 2.30. The summed E-state index contributed by atoms with van der Waals surface area (Å²) in [7, 11) is 0. The Hall–Kier alpha value is -4.34. The Kier molecular flexibility index (Phi) is 9.04. The molecule has 0 spiro atoms. The molecule has 3 aromatic carbocycles. The number of halogens is 3. The SMILES string of the molecule is O=C(CCCC(=O)OCC(=O)Nc1ccc(Oc2ccccc2)cc1)Nc1cccc(C(F)(F)F)c1. The molecule has 2 N–H and O–H groups in total. The van der Waals surface area contributed by atoms with Gasteiger partial charge in [-0.25, -0.2) is 0 Å². The molecule has 2 amide bonds. The molecule has 7 nitrogen and oxygen atoms in total. The standard InChI is InChI=1S/C26H23F3N2O5/c27-26(28,29)18-6-4-7-20(16-18)31-23(32)10-5-11-25(34)35-17-24(33)30-19-12-14-22(15-13-19)36-21-8-2-1-3-9-21/h1-4,6-9,12-16H,5,10-11,17H2,(H,30,33)(H,31,32). The fraction of sp³-hybridized carbons (Fsp3) is 0.192.